The van der Waals surface area contributed by atoms with E-state index in [-0.39, 0.29) is 48.4 Å². The van der Waals surface area contributed by atoms with Crippen molar-refractivity contribution in [3.63, 3.8) is 0 Å². The van der Waals surface area contributed by atoms with Gasteiger partial charge in [0.15, 0.2) is 17.4 Å². The molecule has 2 bridgehead atoms. The minimum atomic E-state index is -1.38. The second kappa shape index (κ2) is 10.8. The number of nitrogens with zero attached hydrogens (tertiary/aromatic N) is 6. The van der Waals surface area contributed by atoms with Crippen LogP contribution in [-0.4, -0.2) is 90.0 Å². The van der Waals surface area contributed by atoms with Gasteiger partial charge in [0.25, 0.3) is 0 Å². The number of hydrogen-bond donors (Lipinski definition) is 3. The number of fused-ring (bicyclic) bond motifs is 4. The van der Waals surface area contributed by atoms with Crippen molar-refractivity contribution in [3.8, 4) is 24.0 Å². The number of piperidine rings is 3. The molecule has 6 atom stereocenters. The largest absolute Gasteiger partial charge is 0.508 e. The molecule has 3 aliphatic heterocycles. The molecule has 3 aliphatic rings. The van der Waals surface area contributed by atoms with Gasteiger partial charge in [-0.25, -0.2) is 13.8 Å². The average molecular weight is 605 g/mol. The standard InChI is InChI=1S/C32H34F2N6O4/c1-3-23-24(34)7-6-18-12-22(41)13-20(26(18)23)14-40-17-35-27-28(40)36-31(39-10-8-25(42)32(2,43)16-39)37-29(27)44-30-19-5-4-9-38(30)15-21(33)11-19/h1,6-7,12-13,17,19,21,25,30,41-43H,4-5,8-11,14-16H2,2H3/t19-,21-,25+,30?,32-/m1/s1. The Labute approximate surface area is 252 Å². The fourth-order valence-electron chi connectivity index (χ4n) is 7.03. The molecule has 230 valence electrons. The molecular weight excluding hydrogens is 570 g/mol. The summed E-state index contributed by atoms with van der Waals surface area (Å²) in [4.78, 5) is 18.0. The molecule has 0 aliphatic carbocycles. The number of ether oxygens (including phenoxy) is 1. The normalized spacial score (nSPS) is 28.7. The van der Waals surface area contributed by atoms with Gasteiger partial charge in [-0.2, -0.15) is 9.97 Å². The molecule has 5 heterocycles. The van der Waals surface area contributed by atoms with Crippen molar-refractivity contribution >= 4 is 27.9 Å². The zero-order valence-electron chi connectivity index (χ0n) is 24.3. The Morgan fingerprint density at radius 1 is 1.20 bits per heavy atom. The molecular formula is C32H34F2N6O4. The maximum Gasteiger partial charge on any atom is 0.248 e. The van der Waals surface area contributed by atoms with Crippen molar-refractivity contribution in [3.05, 3.63) is 47.5 Å². The molecule has 2 aromatic carbocycles. The lowest BCUT2D eigenvalue weighted by atomic mass is 9.86. The molecule has 0 saturated carbocycles. The zero-order valence-corrected chi connectivity index (χ0v) is 24.3. The highest BCUT2D eigenvalue weighted by Crippen LogP contribution is 2.37. The number of phenolic OH excluding ortho intramolecular Hbond substituents is 1. The second-order valence-electron chi connectivity index (χ2n) is 12.5. The Kier molecular flexibility index (Phi) is 7.07. The molecule has 12 heteroatoms. The van der Waals surface area contributed by atoms with Crippen molar-refractivity contribution in [2.24, 2.45) is 5.92 Å². The molecule has 0 radical (unpaired) electrons. The predicted octanol–water partition coefficient (Wildman–Crippen LogP) is 3.33. The number of aliphatic hydroxyl groups is 2. The summed E-state index contributed by atoms with van der Waals surface area (Å²) >= 11 is 0. The van der Waals surface area contributed by atoms with Gasteiger partial charge in [0.1, 0.15) is 23.3 Å². The molecule has 3 fully saturated rings. The Hall–Kier alpha value is -4.05. The van der Waals surface area contributed by atoms with Crippen LogP contribution in [0.25, 0.3) is 21.9 Å². The molecule has 0 spiro atoms. The maximum absolute atomic E-state index is 14.7. The molecule has 3 saturated heterocycles. The Morgan fingerprint density at radius 3 is 2.82 bits per heavy atom. The Bertz CT molecular complexity index is 1770. The third-order valence-electron chi connectivity index (χ3n) is 9.23. The number of aliphatic hydroxyl groups excluding tert-OH is 1. The van der Waals surface area contributed by atoms with E-state index in [9.17, 15) is 24.1 Å². The minimum Gasteiger partial charge on any atom is -0.508 e. The number of terminal acetylenes is 1. The highest BCUT2D eigenvalue weighted by molar-refractivity contribution is 5.92. The summed E-state index contributed by atoms with van der Waals surface area (Å²) in [5.74, 6) is 2.45. The molecule has 2 unspecified atom stereocenters. The second-order valence-corrected chi connectivity index (χ2v) is 12.5. The molecule has 0 amide bonds. The predicted molar refractivity (Wildman–Crippen MR) is 160 cm³/mol. The number of phenols is 1. The van der Waals surface area contributed by atoms with Crippen LogP contribution in [0.5, 0.6) is 11.6 Å². The minimum absolute atomic E-state index is 0.00370. The van der Waals surface area contributed by atoms with Gasteiger partial charge < -0.3 is 29.5 Å². The first-order valence-electron chi connectivity index (χ1n) is 14.9. The van der Waals surface area contributed by atoms with E-state index in [0.717, 1.165) is 19.4 Å². The van der Waals surface area contributed by atoms with E-state index < -0.39 is 23.7 Å². The Balaban J connectivity index is 1.34. The van der Waals surface area contributed by atoms with Gasteiger partial charge in [-0.1, -0.05) is 12.0 Å². The number of imidazole rings is 1. The van der Waals surface area contributed by atoms with Crippen LogP contribution < -0.4 is 9.64 Å². The zero-order chi connectivity index (χ0) is 30.7. The number of aromatic hydroxyl groups is 1. The molecule has 2 aromatic heterocycles. The quantitative estimate of drug-likeness (QED) is 0.295. The smallest absolute Gasteiger partial charge is 0.248 e. The number of rotatable bonds is 5. The maximum atomic E-state index is 14.7. The van der Waals surface area contributed by atoms with E-state index in [1.54, 1.807) is 34.9 Å². The number of anilines is 1. The van der Waals surface area contributed by atoms with Crippen LogP contribution in [-0.2, 0) is 6.54 Å². The van der Waals surface area contributed by atoms with Gasteiger partial charge in [-0.3, -0.25) is 4.90 Å². The Morgan fingerprint density at radius 2 is 2.05 bits per heavy atom. The summed E-state index contributed by atoms with van der Waals surface area (Å²) < 4.78 is 37.5. The number of benzene rings is 2. The van der Waals surface area contributed by atoms with Gasteiger partial charge in [0.05, 0.1) is 31.1 Å². The van der Waals surface area contributed by atoms with Gasteiger partial charge in [-0.15, -0.1) is 6.42 Å². The summed E-state index contributed by atoms with van der Waals surface area (Å²) in [6.45, 7) is 3.23. The van der Waals surface area contributed by atoms with Crippen molar-refractivity contribution in [1.29, 1.82) is 0 Å². The molecule has 3 N–H and O–H groups in total. The summed E-state index contributed by atoms with van der Waals surface area (Å²) in [6.07, 6.45) is 7.67. The van der Waals surface area contributed by atoms with E-state index in [1.165, 1.54) is 12.1 Å². The highest BCUT2D eigenvalue weighted by atomic mass is 19.1. The first-order valence-corrected chi connectivity index (χ1v) is 14.9. The molecule has 4 aromatic rings. The number of hydrogen-bond acceptors (Lipinski definition) is 9. The SMILES string of the molecule is C#Cc1c(F)ccc2cc(O)cc(Cn3cnc4c(OC5[C@@H]6CCCN5C[C@H](F)C6)nc(N5CC[C@H](O)[C@](C)(O)C5)nc43)c12. The lowest BCUT2D eigenvalue weighted by molar-refractivity contribution is -0.0966. The van der Waals surface area contributed by atoms with Crippen LogP contribution in [0, 0.1) is 24.1 Å². The van der Waals surface area contributed by atoms with E-state index in [1.807, 2.05) is 4.90 Å². The molecule has 7 rings (SSSR count). The molecule has 44 heavy (non-hydrogen) atoms. The van der Waals surface area contributed by atoms with Gasteiger partial charge in [0.2, 0.25) is 11.8 Å². The van der Waals surface area contributed by atoms with Crippen molar-refractivity contribution in [2.45, 2.75) is 63.3 Å². The first-order chi connectivity index (χ1) is 21.1. The van der Waals surface area contributed by atoms with Gasteiger partial charge in [0, 0.05) is 30.9 Å². The number of halogens is 2. The van der Waals surface area contributed by atoms with Crippen molar-refractivity contribution in [2.75, 3.05) is 31.1 Å². The third-order valence-corrected chi connectivity index (χ3v) is 9.23. The van der Waals surface area contributed by atoms with Crippen LogP contribution in [0.3, 0.4) is 0 Å². The van der Waals surface area contributed by atoms with Gasteiger partial charge >= 0.3 is 0 Å². The van der Waals surface area contributed by atoms with Crippen LogP contribution in [0.4, 0.5) is 14.7 Å². The lowest BCUT2D eigenvalue weighted by Gasteiger charge is -2.45. The monoisotopic (exact) mass is 604 g/mol. The fraction of sp³-hybridized carbons (Fsp3) is 0.469. The van der Waals surface area contributed by atoms with E-state index >= 15 is 0 Å². The summed E-state index contributed by atoms with van der Waals surface area (Å²) in [7, 11) is 0. The number of aromatic nitrogens is 4. The van der Waals surface area contributed by atoms with Crippen LogP contribution in [0.1, 0.15) is 43.7 Å². The van der Waals surface area contributed by atoms with E-state index in [0.29, 0.717) is 53.4 Å². The number of alkyl halides is 1. The summed E-state index contributed by atoms with van der Waals surface area (Å²) in [5, 5.41) is 32.8. The van der Waals surface area contributed by atoms with Crippen molar-refractivity contribution in [1.82, 2.24) is 24.4 Å². The van der Waals surface area contributed by atoms with E-state index in [4.69, 9.17) is 21.1 Å². The van der Waals surface area contributed by atoms with E-state index in [2.05, 4.69) is 10.9 Å². The third kappa shape index (κ3) is 4.99. The average Bonchev–Trinajstić information content (AvgIpc) is 3.37. The highest BCUT2D eigenvalue weighted by Gasteiger charge is 2.42. The lowest BCUT2D eigenvalue weighted by Crippen LogP contribution is -2.56. The van der Waals surface area contributed by atoms with Crippen LogP contribution in [0.15, 0.2) is 30.6 Å². The van der Waals surface area contributed by atoms with Crippen LogP contribution >= 0.6 is 0 Å². The van der Waals surface area contributed by atoms with Crippen LogP contribution in [0.2, 0.25) is 0 Å². The van der Waals surface area contributed by atoms with Gasteiger partial charge in [-0.05, 0) is 61.8 Å². The first kappa shape index (κ1) is 28.7. The fourth-order valence-corrected chi connectivity index (χ4v) is 7.03. The number of β-amino-alcohol motifs (C(OH)–C–C–N with tert-alkyl or cyclic N) is 1. The van der Waals surface area contributed by atoms with Crippen molar-refractivity contribution < 1.29 is 28.8 Å². The summed E-state index contributed by atoms with van der Waals surface area (Å²) in [5.41, 5.74) is 0.105. The molecule has 10 nitrogen and oxygen atoms in total. The summed E-state index contributed by atoms with van der Waals surface area (Å²) in [6, 6.07) is 5.93. The topological polar surface area (TPSA) is 120 Å².